The minimum Gasteiger partial charge on any atom is -0.497 e. The van der Waals surface area contributed by atoms with E-state index in [9.17, 15) is 9.59 Å². The molecule has 0 atom stereocenters. The van der Waals surface area contributed by atoms with Crippen LogP contribution in [0.2, 0.25) is 0 Å². The lowest BCUT2D eigenvalue weighted by atomic mass is 10.1. The molecule has 0 unspecified atom stereocenters. The predicted molar refractivity (Wildman–Crippen MR) is 145 cm³/mol. The number of methoxy groups -OCH3 is 1. The van der Waals surface area contributed by atoms with Crippen molar-refractivity contribution in [1.82, 2.24) is 0 Å². The molecule has 3 aromatic carbocycles. The maximum atomic E-state index is 13.0. The Morgan fingerprint density at radius 1 is 1.03 bits per heavy atom. The number of anilines is 2. The number of aryl methyl sites for hydroxylation is 2. The Morgan fingerprint density at radius 2 is 1.80 bits per heavy atom. The zero-order valence-corrected chi connectivity index (χ0v) is 21.2. The lowest BCUT2D eigenvalue weighted by Crippen LogP contribution is -2.27. The van der Waals surface area contributed by atoms with Crippen LogP contribution in [-0.2, 0) is 9.59 Å². The second-order valence-corrected chi connectivity index (χ2v) is 9.60. The summed E-state index contributed by atoms with van der Waals surface area (Å²) in [4.78, 5) is 27.4. The van der Waals surface area contributed by atoms with Crippen molar-refractivity contribution >= 4 is 57.6 Å². The average molecular weight is 505 g/mol. The highest BCUT2D eigenvalue weighted by molar-refractivity contribution is 8.27. The molecule has 35 heavy (non-hydrogen) atoms. The zero-order chi connectivity index (χ0) is 24.9. The maximum absolute atomic E-state index is 13.0. The Bertz CT molecular complexity index is 1320. The van der Waals surface area contributed by atoms with Crippen LogP contribution >= 0.6 is 24.0 Å². The molecular weight excluding hydrogens is 480 g/mol. The minimum atomic E-state index is -0.251. The second-order valence-electron chi connectivity index (χ2n) is 7.92. The SMILES string of the molecule is COc1ccc(N2C(=O)C(=Cc3cccc(OCC(=O)Nc4ccc(C)c(C)c4)c3)SC2=S)cc1. The van der Waals surface area contributed by atoms with Crippen LogP contribution in [0.3, 0.4) is 0 Å². The molecule has 4 rings (SSSR count). The summed E-state index contributed by atoms with van der Waals surface area (Å²) in [7, 11) is 1.59. The van der Waals surface area contributed by atoms with Gasteiger partial charge in [-0.3, -0.25) is 14.5 Å². The summed E-state index contributed by atoms with van der Waals surface area (Å²) in [6, 6.07) is 20.1. The molecule has 6 nitrogen and oxygen atoms in total. The van der Waals surface area contributed by atoms with E-state index in [2.05, 4.69) is 5.32 Å². The van der Waals surface area contributed by atoms with Crippen molar-refractivity contribution in [2.45, 2.75) is 13.8 Å². The second kappa shape index (κ2) is 10.8. The smallest absolute Gasteiger partial charge is 0.270 e. The number of benzene rings is 3. The summed E-state index contributed by atoms with van der Waals surface area (Å²) in [6.45, 7) is 3.89. The van der Waals surface area contributed by atoms with Gasteiger partial charge in [-0.05, 0) is 85.1 Å². The summed E-state index contributed by atoms with van der Waals surface area (Å²) in [6.07, 6.45) is 1.77. The summed E-state index contributed by atoms with van der Waals surface area (Å²) < 4.78 is 11.3. The van der Waals surface area contributed by atoms with Crippen LogP contribution in [0.4, 0.5) is 11.4 Å². The van der Waals surface area contributed by atoms with Gasteiger partial charge >= 0.3 is 0 Å². The van der Waals surface area contributed by atoms with Crippen LogP contribution in [0.1, 0.15) is 16.7 Å². The molecule has 0 aromatic heterocycles. The van der Waals surface area contributed by atoms with Crippen molar-refractivity contribution in [2.24, 2.45) is 0 Å². The molecule has 1 aliphatic heterocycles. The number of hydrogen-bond donors (Lipinski definition) is 1. The van der Waals surface area contributed by atoms with Crippen LogP contribution in [0.5, 0.6) is 11.5 Å². The van der Waals surface area contributed by atoms with Crippen LogP contribution in [-0.4, -0.2) is 29.9 Å². The molecule has 1 saturated heterocycles. The van der Waals surface area contributed by atoms with E-state index < -0.39 is 0 Å². The van der Waals surface area contributed by atoms with E-state index in [0.29, 0.717) is 26.4 Å². The third kappa shape index (κ3) is 5.90. The van der Waals surface area contributed by atoms with Crippen molar-refractivity contribution < 1.29 is 19.1 Å². The summed E-state index contributed by atoms with van der Waals surface area (Å²) in [5, 5.41) is 2.84. The average Bonchev–Trinajstić information content (AvgIpc) is 3.13. The number of rotatable bonds is 7. The van der Waals surface area contributed by atoms with Crippen molar-refractivity contribution in [1.29, 1.82) is 0 Å². The highest BCUT2D eigenvalue weighted by atomic mass is 32.2. The molecule has 0 saturated carbocycles. The molecular formula is C27H24N2O4S2. The van der Waals surface area contributed by atoms with Gasteiger partial charge in [0.25, 0.3) is 11.8 Å². The number of carbonyl (C=O) groups excluding carboxylic acids is 2. The monoisotopic (exact) mass is 504 g/mol. The Hall–Kier alpha value is -3.62. The first-order chi connectivity index (χ1) is 16.8. The van der Waals surface area contributed by atoms with Gasteiger partial charge in [0.1, 0.15) is 11.5 Å². The Balaban J connectivity index is 1.41. The topological polar surface area (TPSA) is 67.9 Å². The van der Waals surface area contributed by atoms with Crippen LogP contribution in [0.25, 0.3) is 6.08 Å². The van der Waals surface area contributed by atoms with E-state index in [1.54, 1.807) is 49.6 Å². The molecule has 2 amide bonds. The van der Waals surface area contributed by atoms with E-state index in [1.807, 2.05) is 44.2 Å². The molecule has 1 aliphatic rings. The fraction of sp³-hybridized carbons (Fsp3) is 0.148. The number of nitrogens with one attached hydrogen (secondary N) is 1. The highest BCUT2D eigenvalue weighted by Gasteiger charge is 2.33. The summed E-state index contributed by atoms with van der Waals surface area (Å²) >= 11 is 6.69. The summed E-state index contributed by atoms with van der Waals surface area (Å²) in [5.41, 5.74) is 4.45. The van der Waals surface area contributed by atoms with Gasteiger partial charge in [-0.1, -0.05) is 42.2 Å². The highest BCUT2D eigenvalue weighted by Crippen LogP contribution is 2.36. The molecule has 1 heterocycles. The van der Waals surface area contributed by atoms with Gasteiger partial charge in [0, 0.05) is 5.69 Å². The quantitative estimate of drug-likeness (QED) is 0.327. The van der Waals surface area contributed by atoms with E-state index in [-0.39, 0.29) is 18.4 Å². The van der Waals surface area contributed by atoms with E-state index in [4.69, 9.17) is 21.7 Å². The standard InChI is InChI=1S/C27H24N2O4S2/c1-17-7-8-20(13-18(17)2)28-25(30)16-33-23-6-4-5-19(14-23)15-24-26(31)29(27(34)35-24)21-9-11-22(32-3)12-10-21/h4-15H,16H2,1-3H3,(H,28,30). The van der Waals surface area contributed by atoms with Crippen LogP contribution < -0.4 is 19.7 Å². The van der Waals surface area contributed by atoms with Gasteiger partial charge in [0.15, 0.2) is 10.9 Å². The first kappa shape index (κ1) is 24.5. The number of nitrogens with zero attached hydrogens (tertiary/aromatic N) is 1. The minimum absolute atomic E-state index is 0.129. The molecule has 0 spiro atoms. The molecule has 3 aromatic rings. The molecule has 1 N–H and O–H groups in total. The third-order valence-corrected chi connectivity index (χ3v) is 6.74. The molecule has 0 aliphatic carbocycles. The van der Waals surface area contributed by atoms with Crippen LogP contribution in [0.15, 0.2) is 71.6 Å². The number of amides is 2. The molecule has 0 radical (unpaired) electrons. The van der Waals surface area contributed by atoms with Gasteiger partial charge < -0.3 is 14.8 Å². The van der Waals surface area contributed by atoms with Crippen molar-refractivity contribution in [3.05, 3.63) is 88.3 Å². The van der Waals surface area contributed by atoms with Gasteiger partial charge in [-0.2, -0.15) is 0 Å². The van der Waals surface area contributed by atoms with Crippen molar-refractivity contribution in [3.8, 4) is 11.5 Å². The number of carbonyl (C=O) groups is 2. The third-order valence-electron chi connectivity index (χ3n) is 5.44. The summed E-state index contributed by atoms with van der Waals surface area (Å²) in [5.74, 6) is 0.789. The van der Waals surface area contributed by atoms with E-state index in [1.165, 1.54) is 16.7 Å². The normalized spacial score (nSPS) is 14.4. The van der Waals surface area contributed by atoms with E-state index >= 15 is 0 Å². The van der Waals surface area contributed by atoms with E-state index in [0.717, 1.165) is 22.4 Å². The first-order valence-corrected chi connectivity index (χ1v) is 12.1. The Labute approximate surface area is 213 Å². The fourth-order valence-electron chi connectivity index (χ4n) is 3.43. The number of thioether (sulfide) groups is 1. The van der Waals surface area contributed by atoms with Crippen LogP contribution in [0, 0.1) is 13.8 Å². The maximum Gasteiger partial charge on any atom is 0.270 e. The number of hydrogen-bond acceptors (Lipinski definition) is 6. The lowest BCUT2D eigenvalue weighted by Gasteiger charge is -2.14. The van der Waals surface area contributed by atoms with Gasteiger partial charge in [0.2, 0.25) is 0 Å². The molecule has 8 heteroatoms. The molecule has 178 valence electrons. The predicted octanol–water partition coefficient (Wildman–Crippen LogP) is 5.74. The van der Waals surface area contributed by atoms with Crippen molar-refractivity contribution in [3.63, 3.8) is 0 Å². The first-order valence-electron chi connectivity index (χ1n) is 10.9. The lowest BCUT2D eigenvalue weighted by molar-refractivity contribution is -0.118. The Kier molecular flexibility index (Phi) is 7.53. The molecule has 1 fully saturated rings. The van der Waals surface area contributed by atoms with Gasteiger partial charge in [0.05, 0.1) is 17.7 Å². The largest absolute Gasteiger partial charge is 0.497 e. The number of ether oxygens (including phenoxy) is 2. The van der Waals surface area contributed by atoms with Gasteiger partial charge in [-0.25, -0.2) is 0 Å². The number of thiocarbonyl (C=S) groups is 1. The fourth-order valence-corrected chi connectivity index (χ4v) is 4.73. The molecule has 0 bridgehead atoms. The zero-order valence-electron chi connectivity index (χ0n) is 19.5. The van der Waals surface area contributed by atoms with Crippen molar-refractivity contribution in [2.75, 3.05) is 23.9 Å². The Morgan fingerprint density at radius 3 is 2.51 bits per heavy atom. The van der Waals surface area contributed by atoms with Gasteiger partial charge in [-0.15, -0.1) is 0 Å².